The Hall–Kier alpha value is -1.51. The molecule has 1 rings (SSSR count). The van der Waals surface area contributed by atoms with Crippen molar-refractivity contribution in [2.45, 2.75) is 72.0 Å². The first-order chi connectivity index (χ1) is 9.57. The normalized spacial score (nSPS) is 14.7. The predicted octanol–water partition coefficient (Wildman–Crippen LogP) is 4.70. The highest BCUT2D eigenvalue weighted by Gasteiger charge is 2.37. The zero-order chi connectivity index (χ0) is 16.3. The van der Waals surface area contributed by atoms with Crippen LogP contribution in [0.15, 0.2) is 24.3 Å². The molecule has 0 N–H and O–H groups in total. The number of ether oxygens (including phenoxy) is 2. The van der Waals surface area contributed by atoms with E-state index in [9.17, 15) is 4.79 Å². The lowest BCUT2D eigenvalue weighted by Gasteiger charge is -2.31. The summed E-state index contributed by atoms with van der Waals surface area (Å²) < 4.78 is 11.4. The number of rotatable bonds is 5. The zero-order valence-corrected chi connectivity index (χ0v) is 14.3. The summed E-state index contributed by atoms with van der Waals surface area (Å²) in [6.07, 6.45) is 0.549. The van der Waals surface area contributed by atoms with Crippen molar-refractivity contribution in [1.82, 2.24) is 0 Å². The van der Waals surface area contributed by atoms with E-state index in [2.05, 4.69) is 13.8 Å². The maximum Gasteiger partial charge on any atom is 0.350 e. The highest BCUT2D eigenvalue weighted by atomic mass is 16.6. The molecule has 3 nitrogen and oxygen atoms in total. The lowest BCUT2D eigenvalue weighted by atomic mass is 10.0. The predicted molar refractivity (Wildman–Crippen MR) is 85.7 cm³/mol. The SMILES string of the molecule is CCC(C)(Oc1ccc(C(C)C)cc1)C(=O)OC(C)(C)C. The second-order valence-corrected chi connectivity index (χ2v) is 6.91. The lowest BCUT2D eigenvalue weighted by Crippen LogP contribution is -2.45. The molecule has 0 spiro atoms. The van der Waals surface area contributed by atoms with Gasteiger partial charge in [0, 0.05) is 0 Å². The maximum absolute atomic E-state index is 12.3. The molecule has 0 bridgehead atoms. The first-order valence-electron chi connectivity index (χ1n) is 7.60. The molecule has 0 amide bonds. The highest BCUT2D eigenvalue weighted by molar-refractivity contribution is 5.79. The summed E-state index contributed by atoms with van der Waals surface area (Å²) in [7, 11) is 0. The first-order valence-corrected chi connectivity index (χ1v) is 7.60. The van der Waals surface area contributed by atoms with Gasteiger partial charge in [0.25, 0.3) is 0 Å². The van der Waals surface area contributed by atoms with Gasteiger partial charge >= 0.3 is 5.97 Å². The van der Waals surface area contributed by atoms with Crippen molar-refractivity contribution in [2.75, 3.05) is 0 Å². The van der Waals surface area contributed by atoms with Gasteiger partial charge < -0.3 is 9.47 Å². The van der Waals surface area contributed by atoms with E-state index in [1.807, 2.05) is 52.0 Å². The van der Waals surface area contributed by atoms with Crippen molar-refractivity contribution in [3.8, 4) is 5.75 Å². The van der Waals surface area contributed by atoms with E-state index < -0.39 is 11.2 Å². The third kappa shape index (κ3) is 5.07. The molecule has 1 aromatic rings. The Kier molecular flexibility index (Phi) is 5.43. The molecule has 0 fully saturated rings. The van der Waals surface area contributed by atoms with Crippen LogP contribution in [0.2, 0.25) is 0 Å². The van der Waals surface area contributed by atoms with E-state index in [0.29, 0.717) is 18.1 Å². The van der Waals surface area contributed by atoms with Crippen molar-refractivity contribution < 1.29 is 14.3 Å². The van der Waals surface area contributed by atoms with E-state index in [1.54, 1.807) is 6.92 Å². The number of carbonyl (C=O) groups excluding carboxylic acids is 1. The van der Waals surface area contributed by atoms with Crippen LogP contribution in [0.25, 0.3) is 0 Å². The van der Waals surface area contributed by atoms with Crippen molar-refractivity contribution in [3.05, 3.63) is 29.8 Å². The molecule has 0 aliphatic carbocycles. The van der Waals surface area contributed by atoms with Gasteiger partial charge in [-0.3, -0.25) is 0 Å². The molecule has 0 saturated heterocycles. The summed E-state index contributed by atoms with van der Waals surface area (Å²) in [4.78, 5) is 12.3. The Bertz CT molecular complexity index is 468. The van der Waals surface area contributed by atoms with E-state index in [4.69, 9.17) is 9.47 Å². The van der Waals surface area contributed by atoms with Crippen molar-refractivity contribution in [3.63, 3.8) is 0 Å². The quantitative estimate of drug-likeness (QED) is 0.738. The molecule has 0 aromatic heterocycles. The molecule has 1 unspecified atom stereocenters. The van der Waals surface area contributed by atoms with Crippen molar-refractivity contribution in [1.29, 1.82) is 0 Å². The largest absolute Gasteiger partial charge is 0.476 e. The molecule has 0 saturated carbocycles. The van der Waals surface area contributed by atoms with Crippen molar-refractivity contribution in [2.24, 2.45) is 0 Å². The van der Waals surface area contributed by atoms with Crippen LogP contribution in [-0.4, -0.2) is 17.2 Å². The van der Waals surface area contributed by atoms with Gasteiger partial charge in [-0.1, -0.05) is 32.9 Å². The summed E-state index contributed by atoms with van der Waals surface area (Å²) in [6.45, 7) is 13.6. The minimum atomic E-state index is -0.966. The fourth-order valence-corrected chi connectivity index (χ4v) is 1.83. The number of esters is 1. The summed E-state index contributed by atoms with van der Waals surface area (Å²) in [5.74, 6) is 0.836. The Morgan fingerprint density at radius 3 is 2.00 bits per heavy atom. The van der Waals surface area contributed by atoms with Crippen LogP contribution in [0.3, 0.4) is 0 Å². The molecule has 0 aliphatic heterocycles. The van der Waals surface area contributed by atoms with Gasteiger partial charge in [0.05, 0.1) is 0 Å². The van der Waals surface area contributed by atoms with Crippen LogP contribution in [0, 0.1) is 0 Å². The van der Waals surface area contributed by atoms with E-state index >= 15 is 0 Å². The van der Waals surface area contributed by atoms with Crippen LogP contribution in [0.5, 0.6) is 5.75 Å². The summed E-state index contributed by atoms with van der Waals surface area (Å²) in [5, 5.41) is 0. The molecule has 0 heterocycles. The topological polar surface area (TPSA) is 35.5 Å². The van der Waals surface area contributed by atoms with Gasteiger partial charge in [-0.25, -0.2) is 4.79 Å². The van der Waals surface area contributed by atoms with Gasteiger partial charge in [0.15, 0.2) is 0 Å². The molecule has 1 atom stereocenters. The van der Waals surface area contributed by atoms with Crippen LogP contribution < -0.4 is 4.74 Å². The maximum atomic E-state index is 12.3. The van der Waals surface area contributed by atoms with Gasteiger partial charge in [0.2, 0.25) is 5.60 Å². The molecular formula is C18H28O3. The number of hydrogen-bond acceptors (Lipinski definition) is 3. The van der Waals surface area contributed by atoms with Crippen LogP contribution in [-0.2, 0) is 9.53 Å². The Labute approximate surface area is 128 Å². The molecule has 0 aliphatic rings. The van der Waals surface area contributed by atoms with Gasteiger partial charge in [-0.05, 0) is 57.7 Å². The fourth-order valence-electron chi connectivity index (χ4n) is 1.83. The molecule has 21 heavy (non-hydrogen) atoms. The minimum Gasteiger partial charge on any atom is -0.476 e. The Morgan fingerprint density at radius 2 is 1.62 bits per heavy atom. The minimum absolute atomic E-state index is 0.328. The lowest BCUT2D eigenvalue weighted by molar-refractivity contribution is -0.172. The van der Waals surface area contributed by atoms with Crippen LogP contribution >= 0.6 is 0 Å². The highest BCUT2D eigenvalue weighted by Crippen LogP contribution is 2.26. The standard InChI is InChI=1S/C18H28O3/c1-8-18(7,16(19)21-17(4,5)6)20-15-11-9-14(10-12-15)13(2)3/h9-13H,8H2,1-7H3. The Morgan fingerprint density at radius 1 is 1.10 bits per heavy atom. The third-order valence-electron chi connectivity index (χ3n) is 3.40. The molecule has 118 valence electrons. The van der Waals surface area contributed by atoms with Crippen molar-refractivity contribution >= 4 is 5.97 Å². The van der Waals surface area contributed by atoms with E-state index in [1.165, 1.54) is 5.56 Å². The Balaban J connectivity index is 2.87. The second kappa shape index (κ2) is 6.50. The van der Waals surface area contributed by atoms with Crippen LogP contribution in [0.1, 0.15) is 66.4 Å². The smallest absolute Gasteiger partial charge is 0.350 e. The van der Waals surface area contributed by atoms with Gasteiger partial charge in [-0.2, -0.15) is 0 Å². The average Bonchev–Trinajstić information content (AvgIpc) is 2.37. The first kappa shape index (κ1) is 17.5. The second-order valence-electron chi connectivity index (χ2n) is 6.91. The molecule has 1 aromatic carbocycles. The van der Waals surface area contributed by atoms with E-state index in [0.717, 1.165) is 0 Å². The van der Waals surface area contributed by atoms with E-state index in [-0.39, 0.29) is 5.97 Å². The number of benzene rings is 1. The monoisotopic (exact) mass is 292 g/mol. The zero-order valence-electron chi connectivity index (χ0n) is 14.3. The third-order valence-corrected chi connectivity index (χ3v) is 3.40. The van der Waals surface area contributed by atoms with Gasteiger partial charge in [0.1, 0.15) is 11.4 Å². The average molecular weight is 292 g/mol. The van der Waals surface area contributed by atoms with Gasteiger partial charge in [-0.15, -0.1) is 0 Å². The molecule has 0 radical (unpaired) electrons. The fraction of sp³-hybridized carbons (Fsp3) is 0.611. The number of carbonyl (C=O) groups is 1. The molecule has 3 heteroatoms. The summed E-state index contributed by atoms with van der Waals surface area (Å²) in [5.41, 5.74) is -0.233. The summed E-state index contributed by atoms with van der Waals surface area (Å²) >= 11 is 0. The summed E-state index contributed by atoms with van der Waals surface area (Å²) in [6, 6.07) is 7.89. The van der Waals surface area contributed by atoms with Crippen LogP contribution in [0.4, 0.5) is 0 Å². The molecular weight excluding hydrogens is 264 g/mol. The number of hydrogen-bond donors (Lipinski definition) is 0.